The van der Waals surface area contributed by atoms with Crippen molar-refractivity contribution in [3.05, 3.63) is 0 Å². The smallest absolute Gasteiger partial charge is 0.126 e. The number of amidine groups is 1. The summed E-state index contributed by atoms with van der Waals surface area (Å²) in [7, 11) is 0. The minimum Gasteiger partial charge on any atom is -0.264 e. The van der Waals surface area contributed by atoms with Crippen molar-refractivity contribution in [2.24, 2.45) is 15.9 Å². The number of rotatable bonds is 2. The average molecular weight is 150 g/mol. The quantitative estimate of drug-likeness (QED) is 0.575. The number of aliphatic imine (C=N–C) groups is 2. The van der Waals surface area contributed by atoms with Crippen LogP contribution in [0.25, 0.3) is 0 Å². The van der Waals surface area contributed by atoms with Gasteiger partial charge in [-0.1, -0.05) is 13.3 Å². The summed E-state index contributed by atoms with van der Waals surface area (Å²) in [5.41, 5.74) is 1.27. The van der Waals surface area contributed by atoms with E-state index in [9.17, 15) is 0 Å². The Kier molecular flexibility index (Phi) is 1.76. The van der Waals surface area contributed by atoms with Gasteiger partial charge in [-0.3, -0.25) is 4.99 Å². The van der Waals surface area contributed by atoms with Crippen molar-refractivity contribution in [1.82, 2.24) is 0 Å². The summed E-state index contributed by atoms with van der Waals surface area (Å²) in [5, 5.41) is 0. The minimum absolute atomic E-state index is 0.721. The van der Waals surface area contributed by atoms with Gasteiger partial charge in [0.1, 0.15) is 5.84 Å². The molecule has 0 aromatic rings. The van der Waals surface area contributed by atoms with Crippen molar-refractivity contribution in [3.8, 4) is 0 Å². The normalized spacial score (nSPS) is 24.5. The average Bonchev–Trinajstić information content (AvgIpc) is 2.32. The maximum absolute atomic E-state index is 4.50. The second-order valence-electron chi connectivity index (χ2n) is 3.33. The van der Waals surface area contributed by atoms with Gasteiger partial charge in [-0.2, -0.15) is 0 Å². The largest absolute Gasteiger partial charge is 0.264 e. The summed E-state index contributed by atoms with van der Waals surface area (Å²) in [5.74, 6) is 1.87. The molecule has 2 aliphatic rings. The summed E-state index contributed by atoms with van der Waals surface area (Å²) in [6, 6.07) is 0. The molecule has 1 aliphatic carbocycles. The van der Waals surface area contributed by atoms with E-state index in [1.165, 1.54) is 25.0 Å². The van der Waals surface area contributed by atoms with Crippen LogP contribution in [0.3, 0.4) is 0 Å². The number of hydrogen-bond donors (Lipinski definition) is 0. The molecule has 1 heterocycles. The number of hydrogen-bond acceptors (Lipinski definition) is 2. The zero-order chi connectivity index (χ0) is 7.68. The lowest BCUT2D eigenvalue weighted by Gasteiger charge is -2.23. The third-order valence-corrected chi connectivity index (χ3v) is 2.57. The maximum atomic E-state index is 4.50. The first-order valence-corrected chi connectivity index (χ1v) is 4.51. The van der Waals surface area contributed by atoms with E-state index in [2.05, 4.69) is 16.9 Å². The second kappa shape index (κ2) is 2.76. The third kappa shape index (κ3) is 1.22. The fourth-order valence-corrected chi connectivity index (χ4v) is 1.48. The Morgan fingerprint density at radius 1 is 1.45 bits per heavy atom. The van der Waals surface area contributed by atoms with Gasteiger partial charge in [-0.15, -0.1) is 0 Å². The van der Waals surface area contributed by atoms with Gasteiger partial charge in [0.15, 0.2) is 0 Å². The fourth-order valence-electron chi connectivity index (χ4n) is 1.48. The lowest BCUT2D eigenvalue weighted by Crippen LogP contribution is -2.19. The van der Waals surface area contributed by atoms with Crippen LogP contribution in [0.5, 0.6) is 0 Å². The molecule has 2 nitrogen and oxygen atoms in total. The lowest BCUT2D eigenvalue weighted by atomic mass is 9.84. The van der Waals surface area contributed by atoms with E-state index < -0.39 is 0 Å². The fraction of sp³-hybridized carbons (Fsp3) is 0.778. The van der Waals surface area contributed by atoms with Crippen LogP contribution < -0.4 is 0 Å². The summed E-state index contributed by atoms with van der Waals surface area (Å²) in [4.78, 5) is 8.92. The molecule has 0 saturated heterocycles. The Morgan fingerprint density at radius 3 is 2.73 bits per heavy atom. The van der Waals surface area contributed by atoms with Crippen LogP contribution in [0.2, 0.25) is 0 Å². The van der Waals surface area contributed by atoms with Crippen molar-refractivity contribution in [2.75, 3.05) is 6.54 Å². The van der Waals surface area contributed by atoms with Crippen LogP contribution in [-0.4, -0.2) is 18.1 Å². The molecule has 0 amide bonds. The standard InChI is InChI=1S/C9H14N2/c1-2-8-6-10-9(11-8)7-4-3-5-7/h7H,2-6H2,1H3. The molecule has 0 aromatic carbocycles. The van der Waals surface area contributed by atoms with Gasteiger partial charge < -0.3 is 0 Å². The third-order valence-electron chi connectivity index (χ3n) is 2.57. The molecule has 0 bridgehead atoms. The van der Waals surface area contributed by atoms with Crippen molar-refractivity contribution < 1.29 is 0 Å². The molecule has 11 heavy (non-hydrogen) atoms. The van der Waals surface area contributed by atoms with Crippen LogP contribution >= 0.6 is 0 Å². The van der Waals surface area contributed by atoms with Gasteiger partial charge in [0.05, 0.1) is 6.54 Å². The highest BCUT2D eigenvalue weighted by molar-refractivity contribution is 6.04. The SMILES string of the molecule is CCC1=NC(C2CCC2)=NC1. The summed E-state index contributed by atoms with van der Waals surface area (Å²) in [6.45, 7) is 3.03. The maximum Gasteiger partial charge on any atom is 0.126 e. The summed E-state index contributed by atoms with van der Waals surface area (Å²) in [6.07, 6.45) is 5.08. The summed E-state index contributed by atoms with van der Waals surface area (Å²) >= 11 is 0. The molecule has 0 spiro atoms. The molecule has 1 fully saturated rings. The Morgan fingerprint density at radius 2 is 2.27 bits per heavy atom. The molecule has 0 aromatic heterocycles. The molecule has 1 saturated carbocycles. The van der Waals surface area contributed by atoms with Crippen molar-refractivity contribution in [3.63, 3.8) is 0 Å². The zero-order valence-electron chi connectivity index (χ0n) is 7.01. The molecule has 0 radical (unpaired) electrons. The highest BCUT2D eigenvalue weighted by atomic mass is 15.0. The van der Waals surface area contributed by atoms with Crippen molar-refractivity contribution in [1.29, 1.82) is 0 Å². The highest BCUT2D eigenvalue weighted by Crippen LogP contribution is 2.29. The van der Waals surface area contributed by atoms with Gasteiger partial charge in [-0.05, 0) is 19.3 Å². The molecule has 0 unspecified atom stereocenters. The molecular weight excluding hydrogens is 136 g/mol. The molecule has 2 heteroatoms. The molecule has 2 rings (SSSR count). The Balaban J connectivity index is 1.99. The topological polar surface area (TPSA) is 24.7 Å². The van der Waals surface area contributed by atoms with E-state index in [0.717, 1.165) is 24.7 Å². The van der Waals surface area contributed by atoms with Crippen molar-refractivity contribution >= 4 is 11.5 Å². The van der Waals surface area contributed by atoms with E-state index in [1.54, 1.807) is 0 Å². The van der Waals surface area contributed by atoms with E-state index in [0.29, 0.717) is 0 Å². The van der Waals surface area contributed by atoms with Crippen molar-refractivity contribution in [2.45, 2.75) is 32.6 Å². The Labute approximate surface area is 67.4 Å². The lowest BCUT2D eigenvalue weighted by molar-refractivity contribution is 0.411. The van der Waals surface area contributed by atoms with Crippen LogP contribution in [0.4, 0.5) is 0 Å². The predicted molar refractivity (Wildman–Crippen MR) is 47.4 cm³/mol. The van der Waals surface area contributed by atoms with Crippen LogP contribution in [0.15, 0.2) is 9.98 Å². The monoisotopic (exact) mass is 150 g/mol. The summed E-state index contributed by atoms with van der Waals surface area (Å²) < 4.78 is 0. The highest BCUT2D eigenvalue weighted by Gasteiger charge is 2.25. The zero-order valence-corrected chi connectivity index (χ0v) is 7.01. The van der Waals surface area contributed by atoms with Crippen LogP contribution in [-0.2, 0) is 0 Å². The van der Waals surface area contributed by atoms with E-state index >= 15 is 0 Å². The second-order valence-corrected chi connectivity index (χ2v) is 3.33. The van der Waals surface area contributed by atoms with E-state index in [1.807, 2.05) is 0 Å². The van der Waals surface area contributed by atoms with E-state index in [-0.39, 0.29) is 0 Å². The first-order chi connectivity index (χ1) is 5.40. The van der Waals surface area contributed by atoms with Gasteiger partial charge in [0, 0.05) is 11.6 Å². The molecule has 60 valence electrons. The van der Waals surface area contributed by atoms with Gasteiger partial charge >= 0.3 is 0 Å². The van der Waals surface area contributed by atoms with E-state index in [4.69, 9.17) is 0 Å². The van der Waals surface area contributed by atoms with Crippen LogP contribution in [0, 0.1) is 5.92 Å². The molecule has 0 atom stereocenters. The minimum atomic E-state index is 0.721. The van der Waals surface area contributed by atoms with Crippen LogP contribution in [0.1, 0.15) is 32.6 Å². The first kappa shape index (κ1) is 7.01. The molecular formula is C9H14N2. The first-order valence-electron chi connectivity index (χ1n) is 4.51. The Bertz CT molecular complexity index is 212. The van der Waals surface area contributed by atoms with Gasteiger partial charge in [0.2, 0.25) is 0 Å². The number of nitrogens with zero attached hydrogens (tertiary/aromatic N) is 2. The predicted octanol–water partition coefficient (Wildman–Crippen LogP) is 2.05. The molecule has 0 N–H and O–H groups in total. The molecule has 1 aliphatic heterocycles. The van der Waals surface area contributed by atoms with Gasteiger partial charge in [-0.25, -0.2) is 4.99 Å². The van der Waals surface area contributed by atoms with Gasteiger partial charge in [0.25, 0.3) is 0 Å². The Hall–Kier alpha value is -0.660.